The van der Waals surface area contributed by atoms with Crippen LogP contribution in [0.25, 0.3) is 0 Å². The Balaban J connectivity index is 2.28. The Morgan fingerprint density at radius 2 is 2.22 bits per heavy atom. The minimum atomic E-state index is -0.661. The lowest BCUT2D eigenvalue weighted by Gasteiger charge is -2.44. The van der Waals surface area contributed by atoms with Gasteiger partial charge in [0.05, 0.1) is 6.61 Å². The van der Waals surface area contributed by atoms with E-state index in [0.717, 1.165) is 11.3 Å². The van der Waals surface area contributed by atoms with Crippen LogP contribution < -0.4 is 10.5 Å². The zero-order chi connectivity index (χ0) is 12.9. The summed E-state index contributed by atoms with van der Waals surface area (Å²) in [5.41, 5.74) is 6.32. The van der Waals surface area contributed by atoms with E-state index in [0.29, 0.717) is 12.4 Å². The van der Waals surface area contributed by atoms with Crippen LogP contribution in [0.2, 0.25) is 0 Å². The van der Waals surface area contributed by atoms with E-state index in [1.165, 1.54) is 0 Å². The molecule has 0 aromatic heterocycles. The van der Waals surface area contributed by atoms with Gasteiger partial charge in [0.15, 0.2) is 0 Å². The quantitative estimate of drug-likeness (QED) is 0.749. The first-order valence-electron chi connectivity index (χ1n) is 5.93. The number of amidine groups is 1. The molecule has 2 unspecified atom stereocenters. The average molecular weight is 245 g/mol. The Morgan fingerprint density at radius 3 is 2.89 bits per heavy atom. The number of likely N-dealkylation sites (N-methyl/N-ethyl adjacent to an activating group) is 1. The first kappa shape index (κ1) is 11.1. The molecule has 94 valence electrons. The van der Waals surface area contributed by atoms with Crippen LogP contribution >= 0.6 is 0 Å². The summed E-state index contributed by atoms with van der Waals surface area (Å²) in [6, 6.07) is 7.38. The van der Waals surface area contributed by atoms with Crippen LogP contribution in [0.3, 0.4) is 0 Å². The average Bonchev–Trinajstić information content (AvgIpc) is 2.58. The van der Waals surface area contributed by atoms with Gasteiger partial charge in [-0.25, -0.2) is 4.79 Å². The van der Waals surface area contributed by atoms with Gasteiger partial charge in [0.25, 0.3) is 0 Å². The normalized spacial score (nSPS) is 30.1. The van der Waals surface area contributed by atoms with Gasteiger partial charge in [-0.1, -0.05) is 25.1 Å². The molecule has 0 aliphatic carbocycles. The number of aliphatic imine (C=N–C) groups is 1. The maximum absolute atomic E-state index is 11.8. The van der Waals surface area contributed by atoms with Gasteiger partial charge in [0.2, 0.25) is 0 Å². The van der Waals surface area contributed by atoms with Gasteiger partial charge in [0.1, 0.15) is 17.1 Å². The highest BCUT2D eigenvalue weighted by atomic mass is 16.5. The molecule has 2 aliphatic heterocycles. The van der Waals surface area contributed by atoms with Crippen LogP contribution in [0.4, 0.5) is 4.79 Å². The topological polar surface area (TPSA) is 67.9 Å². The molecule has 2 atom stereocenters. The summed E-state index contributed by atoms with van der Waals surface area (Å²) >= 11 is 0. The number of nitrogens with zero attached hydrogens (tertiary/aromatic N) is 2. The summed E-state index contributed by atoms with van der Waals surface area (Å²) in [5.74, 6) is 1.20. The maximum atomic E-state index is 11.8. The van der Waals surface area contributed by atoms with Crippen molar-refractivity contribution in [2.45, 2.75) is 12.5 Å². The van der Waals surface area contributed by atoms with E-state index >= 15 is 0 Å². The van der Waals surface area contributed by atoms with Crippen molar-refractivity contribution in [2.24, 2.45) is 16.6 Å². The van der Waals surface area contributed by atoms with Crippen molar-refractivity contribution in [3.63, 3.8) is 0 Å². The highest BCUT2D eigenvalue weighted by molar-refractivity contribution is 6.06. The number of carbonyl (C=O) groups excluding carboxylic acids is 1. The van der Waals surface area contributed by atoms with Crippen molar-refractivity contribution in [1.29, 1.82) is 0 Å². The maximum Gasteiger partial charge on any atom is 0.346 e. The number of rotatable bonds is 0. The fourth-order valence-electron chi connectivity index (χ4n) is 3.00. The minimum Gasteiger partial charge on any atom is -0.493 e. The minimum absolute atomic E-state index is 0.0626. The number of carbonyl (C=O) groups is 1. The lowest BCUT2D eigenvalue weighted by molar-refractivity contribution is 0.0959. The molecule has 0 saturated carbocycles. The smallest absolute Gasteiger partial charge is 0.346 e. The number of nitrogens with two attached hydrogens (primary N) is 1. The zero-order valence-electron chi connectivity index (χ0n) is 10.4. The number of para-hydroxylation sites is 1. The van der Waals surface area contributed by atoms with Gasteiger partial charge in [-0.2, -0.15) is 4.99 Å². The zero-order valence-corrected chi connectivity index (χ0v) is 10.4. The van der Waals surface area contributed by atoms with E-state index in [2.05, 4.69) is 4.99 Å². The second-order valence-electron chi connectivity index (χ2n) is 4.81. The summed E-state index contributed by atoms with van der Waals surface area (Å²) in [4.78, 5) is 17.4. The van der Waals surface area contributed by atoms with E-state index < -0.39 is 5.54 Å². The van der Waals surface area contributed by atoms with E-state index in [1.807, 2.05) is 31.2 Å². The van der Waals surface area contributed by atoms with Crippen molar-refractivity contribution in [3.05, 3.63) is 29.8 Å². The second kappa shape index (κ2) is 3.48. The van der Waals surface area contributed by atoms with Crippen molar-refractivity contribution < 1.29 is 9.53 Å². The van der Waals surface area contributed by atoms with Crippen LogP contribution in [0.5, 0.6) is 5.75 Å². The number of hydrogen-bond donors (Lipinski definition) is 1. The summed E-state index contributed by atoms with van der Waals surface area (Å²) in [6.07, 6.45) is 0. The predicted molar refractivity (Wildman–Crippen MR) is 67.6 cm³/mol. The number of amides is 2. The van der Waals surface area contributed by atoms with E-state index in [9.17, 15) is 4.79 Å². The van der Waals surface area contributed by atoms with Crippen molar-refractivity contribution in [2.75, 3.05) is 13.7 Å². The van der Waals surface area contributed by atoms with Crippen LogP contribution in [0, 0.1) is 5.92 Å². The molecule has 2 heterocycles. The third-order valence-corrected chi connectivity index (χ3v) is 3.92. The molecule has 0 bridgehead atoms. The molecule has 1 aromatic rings. The molecule has 0 saturated heterocycles. The first-order valence-corrected chi connectivity index (χ1v) is 5.93. The SMILES string of the molecule is CC1COc2ccccc2C12C(N)=NC(=O)N2C. The Hall–Kier alpha value is -2.04. The van der Waals surface area contributed by atoms with Crippen LogP contribution in [0.15, 0.2) is 29.3 Å². The molecule has 5 heteroatoms. The molecule has 5 nitrogen and oxygen atoms in total. The fraction of sp³-hybridized carbons (Fsp3) is 0.385. The van der Waals surface area contributed by atoms with Gasteiger partial charge >= 0.3 is 6.03 Å². The summed E-state index contributed by atoms with van der Waals surface area (Å²) in [5, 5.41) is 0. The number of ether oxygens (including phenoxy) is 1. The molecule has 1 aromatic carbocycles. The Labute approximate surface area is 105 Å². The van der Waals surface area contributed by atoms with Crippen molar-refractivity contribution in [1.82, 2.24) is 4.90 Å². The number of fused-ring (bicyclic) bond motifs is 2. The molecule has 2 aliphatic rings. The lowest BCUT2D eigenvalue weighted by atomic mass is 9.75. The highest BCUT2D eigenvalue weighted by Crippen LogP contribution is 2.46. The summed E-state index contributed by atoms with van der Waals surface area (Å²) in [7, 11) is 1.74. The highest BCUT2D eigenvalue weighted by Gasteiger charge is 2.55. The monoisotopic (exact) mass is 245 g/mol. The molecule has 18 heavy (non-hydrogen) atoms. The fourth-order valence-corrected chi connectivity index (χ4v) is 3.00. The third kappa shape index (κ3) is 1.11. The molecule has 3 rings (SSSR count). The molecular weight excluding hydrogens is 230 g/mol. The number of urea groups is 1. The van der Waals surface area contributed by atoms with E-state index in [4.69, 9.17) is 10.5 Å². The second-order valence-corrected chi connectivity index (χ2v) is 4.81. The molecular formula is C13H15N3O2. The van der Waals surface area contributed by atoms with Gasteiger partial charge in [-0.05, 0) is 6.07 Å². The molecule has 0 radical (unpaired) electrons. The standard InChI is InChI=1S/C13H15N3O2/c1-8-7-18-10-6-4-3-5-9(10)13(8)11(14)15-12(17)16(13)2/h3-6,8H,7H2,1-2H3,(H2,14,15,17). The largest absolute Gasteiger partial charge is 0.493 e. The van der Waals surface area contributed by atoms with Crippen LogP contribution in [0.1, 0.15) is 12.5 Å². The van der Waals surface area contributed by atoms with Gasteiger partial charge < -0.3 is 15.4 Å². The predicted octanol–water partition coefficient (Wildman–Crippen LogP) is 1.33. The molecule has 2 amide bonds. The van der Waals surface area contributed by atoms with Crippen LogP contribution in [-0.2, 0) is 5.54 Å². The Bertz CT molecular complexity index is 555. The van der Waals surface area contributed by atoms with Crippen molar-refractivity contribution >= 4 is 11.9 Å². The Morgan fingerprint density at radius 1 is 1.50 bits per heavy atom. The molecule has 2 N–H and O–H groups in total. The van der Waals surface area contributed by atoms with Crippen molar-refractivity contribution in [3.8, 4) is 5.75 Å². The van der Waals surface area contributed by atoms with E-state index in [1.54, 1.807) is 11.9 Å². The van der Waals surface area contributed by atoms with E-state index in [-0.39, 0.29) is 11.9 Å². The molecule has 0 fully saturated rings. The summed E-state index contributed by atoms with van der Waals surface area (Å²) in [6.45, 7) is 2.54. The van der Waals surface area contributed by atoms with Gasteiger partial charge in [-0.3, -0.25) is 0 Å². The van der Waals surface area contributed by atoms with Gasteiger partial charge in [-0.15, -0.1) is 0 Å². The number of hydrogen-bond acceptors (Lipinski definition) is 3. The lowest BCUT2D eigenvalue weighted by Crippen LogP contribution is -2.57. The Kier molecular flexibility index (Phi) is 2.14. The van der Waals surface area contributed by atoms with Crippen LogP contribution in [-0.4, -0.2) is 30.4 Å². The first-order chi connectivity index (χ1) is 8.58. The molecule has 1 spiro atoms. The number of benzene rings is 1. The van der Waals surface area contributed by atoms with Gasteiger partial charge in [0, 0.05) is 18.5 Å². The summed E-state index contributed by atoms with van der Waals surface area (Å²) < 4.78 is 5.71. The third-order valence-electron chi connectivity index (χ3n) is 3.92.